The summed E-state index contributed by atoms with van der Waals surface area (Å²) in [6, 6.07) is 0. The number of aryl methyl sites for hydroxylation is 1. The summed E-state index contributed by atoms with van der Waals surface area (Å²) in [6.07, 6.45) is 2.15. The molecule has 1 heterocycles. The van der Waals surface area contributed by atoms with Crippen LogP contribution < -0.4 is 5.32 Å². The maximum absolute atomic E-state index is 6.03. The minimum absolute atomic E-state index is 0.189. The number of nitrogens with one attached hydrogen (secondary N) is 1. The van der Waals surface area contributed by atoms with Crippen molar-refractivity contribution in [2.45, 2.75) is 32.1 Å². The Bertz CT molecular complexity index is 251. The molecule has 1 aromatic heterocycles. The summed E-state index contributed by atoms with van der Waals surface area (Å²) < 4.78 is 0. The van der Waals surface area contributed by atoms with Gasteiger partial charge < -0.3 is 5.32 Å². The second kappa shape index (κ2) is 5.40. The fourth-order valence-electron chi connectivity index (χ4n) is 0.981. The van der Waals surface area contributed by atoms with Crippen molar-refractivity contribution in [3.8, 4) is 0 Å². The number of nitrogens with zero attached hydrogens (tertiary/aromatic N) is 2. The summed E-state index contributed by atoms with van der Waals surface area (Å²) in [5.74, 6) is 0. The lowest BCUT2D eigenvalue weighted by molar-refractivity contribution is 0.751. The predicted molar refractivity (Wildman–Crippen MR) is 57.7 cm³/mol. The van der Waals surface area contributed by atoms with Gasteiger partial charge in [-0.15, -0.1) is 21.8 Å². The molecule has 0 aliphatic heterocycles. The van der Waals surface area contributed by atoms with Gasteiger partial charge in [0, 0.05) is 6.54 Å². The van der Waals surface area contributed by atoms with Gasteiger partial charge in [-0.2, -0.15) is 0 Å². The van der Waals surface area contributed by atoms with Crippen molar-refractivity contribution in [1.29, 1.82) is 0 Å². The fraction of sp³-hybridized carbons (Fsp3) is 0.750. The van der Waals surface area contributed by atoms with Crippen LogP contribution in [0.5, 0.6) is 0 Å². The monoisotopic (exact) mass is 219 g/mol. The molecule has 0 bridgehead atoms. The summed E-state index contributed by atoms with van der Waals surface area (Å²) in [6.45, 7) is 4.83. The molecule has 0 aliphatic carbocycles. The predicted octanol–water partition coefficient (Wildman–Crippen LogP) is 2.67. The first kappa shape index (κ1) is 10.7. The Hall–Kier alpha value is -0.350. The zero-order valence-electron chi connectivity index (χ0n) is 7.88. The largest absolute Gasteiger partial charge is 0.359 e. The van der Waals surface area contributed by atoms with E-state index in [2.05, 4.69) is 22.4 Å². The molecule has 0 fully saturated rings. The molecule has 0 spiro atoms. The molecule has 5 heteroatoms. The standard InChI is InChI=1S/C8H14ClN3S/c1-3-4-7(9)5-10-8-12-11-6(2)13-8/h7H,3-5H2,1-2H3,(H,10,12). The molecule has 13 heavy (non-hydrogen) atoms. The van der Waals surface area contributed by atoms with Gasteiger partial charge in [-0.05, 0) is 13.3 Å². The van der Waals surface area contributed by atoms with Gasteiger partial charge in [0.1, 0.15) is 5.01 Å². The average Bonchev–Trinajstić information content (AvgIpc) is 2.49. The van der Waals surface area contributed by atoms with Crippen LogP contribution in [0.25, 0.3) is 0 Å². The van der Waals surface area contributed by atoms with E-state index in [9.17, 15) is 0 Å². The summed E-state index contributed by atoms with van der Waals surface area (Å²) in [5, 5.41) is 13.0. The quantitative estimate of drug-likeness (QED) is 0.774. The Balaban J connectivity index is 2.26. The van der Waals surface area contributed by atoms with Crippen LogP contribution in [0, 0.1) is 6.92 Å². The highest BCUT2D eigenvalue weighted by Gasteiger charge is 2.04. The number of hydrogen-bond acceptors (Lipinski definition) is 4. The Morgan fingerprint density at radius 3 is 2.85 bits per heavy atom. The molecule has 3 nitrogen and oxygen atoms in total. The molecule has 0 aliphatic rings. The zero-order chi connectivity index (χ0) is 9.68. The van der Waals surface area contributed by atoms with Crippen LogP contribution in [0.1, 0.15) is 24.8 Å². The van der Waals surface area contributed by atoms with Crippen LogP contribution >= 0.6 is 22.9 Å². The number of halogens is 1. The molecule has 74 valence electrons. The molecule has 1 rings (SSSR count). The van der Waals surface area contributed by atoms with Gasteiger partial charge in [-0.3, -0.25) is 0 Å². The highest BCUT2D eigenvalue weighted by molar-refractivity contribution is 7.15. The molecule has 1 N–H and O–H groups in total. The van der Waals surface area contributed by atoms with Crippen LogP contribution in [-0.4, -0.2) is 22.1 Å². The number of aromatic nitrogens is 2. The Kier molecular flexibility index (Phi) is 4.45. The maximum Gasteiger partial charge on any atom is 0.205 e. The molecule has 0 aromatic carbocycles. The van der Waals surface area contributed by atoms with Crippen molar-refractivity contribution < 1.29 is 0 Å². The van der Waals surface area contributed by atoms with Crippen molar-refractivity contribution >= 4 is 28.1 Å². The van der Waals surface area contributed by atoms with Crippen LogP contribution in [0.2, 0.25) is 0 Å². The van der Waals surface area contributed by atoms with Crippen LogP contribution in [0.15, 0.2) is 0 Å². The second-order valence-electron chi connectivity index (χ2n) is 2.89. The minimum atomic E-state index is 0.189. The van der Waals surface area contributed by atoms with E-state index >= 15 is 0 Å². The summed E-state index contributed by atoms with van der Waals surface area (Å²) in [5.41, 5.74) is 0. The summed E-state index contributed by atoms with van der Waals surface area (Å²) in [7, 11) is 0. The first-order chi connectivity index (χ1) is 6.22. The third kappa shape index (κ3) is 3.91. The Morgan fingerprint density at radius 1 is 1.54 bits per heavy atom. The van der Waals surface area contributed by atoms with Gasteiger partial charge in [0.25, 0.3) is 0 Å². The lowest BCUT2D eigenvalue weighted by atomic mass is 10.2. The SMILES string of the molecule is CCCC(Cl)CNc1nnc(C)s1. The van der Waals surface area contributed by atoms with E-state index in [1.54, 1.807) is 11.3 Å². The van der Waals surface area contributed by atoms with Gasteiger partial charge in [-0.1, -0.05) is 24.7 Å². The van der Waals surface area contributed by atoms with Gasteiger partial charge in [0.15, 0.2) is 0 Å². The third-order valence-electron chi connectivity index (χ3n) is 1.60. The molecular weight excluding hydrogens is 206 g/mol. The number of anilines is 1. The van der Waals surface area contributed by atoms with Crippen molar-refractivity contribution in [1.82, 2.24) is 10.2 Å². The molecule has 0 radical (unpaired) electrons. The second-order valence-corrected chi connectivity index (χ2v) is 4.69. The van der Waals surface area contributed by atoms with Gasteiger partial charge in [0.2, 0.25) is 5.13 Å². The van der Waals surface area contributed by atoms with E-state index in [1.807, 2.05) is 6.92 Å². The smallest absolute Gasteiger partial charge is 0.205 e. The van der Waals surface area contributed by atoms with Crippen molar-refractivity contribution in [3.05, 3.63) is 5.01 Å². The van der Waals surface area contributed by atoms with Crippen molar-refractivity contribution in [2.24, 2.45) is 0 Å². The summed E-state index contributed by atoms with van der Waals surface area (Å²) in [4.78, 5) is 0. The molecule has 0 saturated heterocycles. The zero-order valence-corrected chi connectivity index (χ0v) is 9.45. The number of rotatable bonds is 5. The van der Waals surface area contributed by atoms with Gasteiger partial charge >= 0.3 is 0 Å². The highest BCUT2D eigenvalue weighted by Crippen LogP contribution is 2.14. The van der Waals surface area contributed by atoms with E-state index < -0.39 is 0 Å². The average molecular weight is 220 g/mol. The topological polar surface area (TPSA) is 37.8 Å². The molecule has 1 aromatic rings. The van der Waals surface area contributed by atoms with Crippen LogP contribution in [0.4, 0.5) is 5.13 Å². The normalized spacial score (nSPS) is 12.8. The molecule has 0 amide bonds. The maximum atomic E-state index is 6.03. The molecule has 1 atom stereocenters. The minimum Gasteiger partial charge on any atom is -0.359 e. The fourth-order valence-corrected chi connectivity index (χ4v) is 1.88. The van der Waals surface area contributed by atoms with E-state index in [0.717, 1.165) is 29.5 Å². The lowest BCUT2D eigenvalue weighted by Crippen LogP contribution is -2.13. The molecule has 1 unspecified atom stereocenters. The van der Waals surface area contributed by atoms with Gasteiger partial charge in [-0.25, -0.2) is 0 Å². The first-order valence-corrected chi connectivity index (χ1v) is 5.65. The molecule has 0 saturated carbocycles. The van der Waals surface area contributed by atoms with E-state index in [0.29, 0.717) is 0 Å². The van der Waals surface area contributed by atoms with Gasteiger partial charge in [0.05, 0.1) is 5.38 Å². The Morgan fingerprint density at radius 2 is 2.31 bits per heavy atom. The number of hydrogen-bond donors (Lipinski definition) is 1. The lowest BCUT2D eigenvalue weighted by Gasteiger charge is -2.07. The van der Waals surface area contributed by atoms with E-state index in [1.165, 1.54) is 0 Å². The third-order valence-corrected chi connectivity index (χ3v) is 2.77. The Labute approximate surface area is 87.5 Å². The van der Waals surface area contributed by atoms with Crippen molar-refractivity contribution in [2.75, 3.05) is 11.9 Å². The number of alkyl halides is 1. The van der Waals surface area contributed by atoms with Crippen molar-refractivity contribution in [3.63, 3.8) is 0 Å². The van der Waals surface area contributed by atoms with E-state index in [-0.39, 0.29) is 5.38 Å². The van der Waals surface area contributed by atoms with Crippen LogP contribution in [-0.2, 0) is 0 Å². The first-order valence-electron chi connectivity index (χ1n) is 4.40. The van der Waals surface area contributed by atoms with E-state index in [4.69, 9.17) is 11.6 Å². The highest BCUT2D eigenvalue weighted by atomic mass is 35.5. The van der Waals surface area contributed by atoms with Crippen LogP contribution in [0.3, 0.4) is 0 Å². The summed E-state index contributed by atoms with van der Waals surface area (Å²) >= 11 is 7.59. The molecular formula is C8H14ClN3S.